The standard InChI is InChI=1S/C10H7F2N3O3S/c11-7-1-6(15(17)18)2-8(12)9(7)13-3-5-4-19-10(16)14-5/h1-2,4,13H,3H2,(H,14,16). The summed E-state index contributed by atoms with van der Waals surface area (Å²) in [6.07, 6.45) is 0. The lowest BCUT2D eigenvalue weighted by atomic mass is 10.2. The Bertz CT molecular complexity index is 660. The van der Waals surface area contributed by atoms with Crippen molar-refractivity contribution in [2.24, 2.45) is 0 Å². The minimum Gasteiger partial charge on any atom is -0.375 e. The highest BCUT2D eigenvalue weighted by Gasteiger charge is 2.16. The van der Waals surface area contributed by atoms with Gasteiger partial charge in [0.15, 0.2) is 11.6 Å². The monoisotopic (exact) mass is 287 g/mol. The Labute approximate surface area is 108 Å². The molecule has 0 aliphatic carbocycles. The molecule has 1 aromatic carbocycles. The van der Waals surface area contributed by atoms with E-state index in [0.717, 1.165) is 11.3 Å². The summed E-state index contributed by atoms with van der Waals surface area (Å²) in [5.41, 5.74) is -0.672. The van der Waals surface area contributed by atoms with E-state index >= 15 is 0 Å². The van der Waals surface area contributed by atoms with Crippen molar-refractivity contribution in [2.75, 3.05) is 5.32 Å². The Balaban J connectivity index is 2.21. The van der Waals surface area contributed by atoms with Crippen LogP contribution in [0.2, 0.25) is 0 Å². The number of anilines is 1. The van der Waals surface area contributed by atoms with Gasteiger partial charge in [0.05, 0.1) is 23.6 Å². The first-order chi connectivity index (χ1) is 8.97. The van der Waals surface area contributed by atoms with Crippen molar-refractivity contribution in [2.45, 2.75) is 6.54 Å². The molecule has 19 heavy (non-hydrogen) atoms. The smallest absolute Gasteiger partial charge is 0.304 e. The van der Waals surface area contributed by atoms with Gasteiger partial charge in [0.25, 0.3) is 5.69 Å². The molecular weight excluding hydrogens is 280 g/mol. The Morgan fingerprint density at radius 3 is 2.47 bits per heavy atom. The average molecular weight is 287 g/mol. The SMILES string of the molecule is O=c1[nH]c(CNc2c(F)cc([N+](=O)[O-])cc2F)cs1. The van der Waals surface area contributed by atoms with Crippen molar-refractivity contribution in [1.82, 2.24) is 4.98 Å². The zero-order valence-electron chi connectivity index (χ0n) is 9.28. The normalized spacial score (nSPS) is 10.4. The van der Waals surface area contributed by atoms with Gasteiger partial charge in [-0.2, -0.15) is 0 Å². The van der Waals surface area contributed by atoms with Crippen LogP contribution >= 0.6 is 11.3 Å². The Hall–Kier alpha value is -2.29. The molecule has 0 saturated carbocycles. The van der Waals surface area contributed by atoms with E-state index < -0.39 is 27.9 Å². The number of nitrogens with one attached hydrogen (secondary N) is 2. The van der Waals surface area contributed by atoms with Gasteiger partial charge in [-0.1, -0.05) is 11.3 Å². The maximum atomic E-state index is 13.5. The predicted molar refractivity (Wildman–Crippen MR) is 65.3 cm³/mol. The molecule has 0 atom stereocenters. The van der Waals surface area contributed by atoms with Gasteiger partial charge in [0.1, 0.15) is 5.69 Å². The lowest BCUT2D eigenvalue weighted by Gasteiger charge is -2.07. The minimum absolute atomic E-state index is 0.00436. The summed E-state index contributed by atoms with van der Waals surface area (Å²) in [5.74, 6) is -2.13. The summed E-state index contributed by atoms with van der Waals surface area (Å²) in [6, 6.07) is 1.25. The van der Waals surface area contributed by atoms with Gasteiger partial charge in [0.2, 0.25) is 0 Å². The summed E-state index contributed by atoms with van der Waals surface area (Å²) in [7, 11) is 0. The third-order valence-electron chi connectivity index (χ3n) is 2.26. The lowest BCUT2D eigenvalue weighted by Crippen LogP contribution is -2.06. The summed E-state index contributed by atoms with van der Waals surface area (Å²) >= 11 is 0.926. The zero-order valence-corrected chi connectivity index (χ0v) is 10.1. The van der Waals surface area contributed by atoms with Crippen LogP contribution in [-0.4, -0.2) is 9.91 Å². The number of nitro benzene ring substituents is 1. The van der Waals surface area contributed by atoms with Crippen molar-refractivity contribution in [3.8, 4) is 0 Å². The highest BCUT2D eigenvalue weighted by atomic mass is 32.1. The molecule has 0 aliphatic heterocycles. The summed E-state index contributed by atoms with van der Waals surface area (Å²) < 4.78 is 27.0. The number of hydrogen-bond acceptors (Lipinski definition) is 5. The fourth-order valence-corrected chi connectivity index (χ4v) is 2.00. The lowest BCUT2D eigenvalue weighted by molar-refractivity contribution is -0.385. The van der Waals surface area contributed by atoms with Crippen molar-refractivity contribution < 1.29 is 13.7 Å². The molecule has 1 aromatic heterocycles. The van der Waals surface area contributed by atoms with Crippen LogP contribution in [0.1, 0.15) is 5.69 Å². The second-order valence-corrected chi connectivity index (χ2v) is 4.41. The van der Waals surface area contributed by atoms with E-state index in [9.17, 15) is 23.7 Å². The number of rotatable bonds is 4. The van der Waals surface area contributed by atoms with Crippen LogP contribution in [0.25, 0.3) is 0 Å². The van der Waals surface area contributed by atoms with Crippen LogP contribution in [0.5, 0.6) is 0 Å². The fourth-order valence-electron chi connectivity index (χ4n) is 1.42. The van der Waals surface area contributed by atoms with Crippen LogP contribution in [0.4, 0.5) is 20.2 Å². The second-order valence-electron chi connectivity index (χ2n) is 3.57. The number of benzene rings is 1. The number of non-ortho nitro benzene ring substituents is 1. The van der Waals surface area contributed by atoms with Crippen molar-refractivity contribution in [1.29, 1.82) is 0 Å². The maximum absolute atomic E-state index is 13.5. The van der Waals surface area contributed by atoms with E-state index in [1.807, 2.05) is 0 Å². The largest absolute Gasteiger partial charge is 0.375 e. The van der Waals surface area contributed by atoms with Crippen LogP contribution in [-0.2, 0) is 6.54 Å². The molecule has 2 aromatic rings. The quantitative estimate of drug-likeness (QED) is 0.666. The number of hydrogen-bond donors (Lipinski definition) is 2. The van der Waals surface area contributed by atoms with Crippen molar-refractivity contribution >= 4 is 22.7 Å². The Morgan fingerprint density at radius 1 is 1.37 bits per heavy atom. The first-order valence-electron chi connectivity index (χ1n) is 5.01. The molecule has 1 heterocycles. The summed E-state index contributed by atoms with van der Waals surface area (Å²) in [5, 5.41) is 14.4. The molecule has 0 radical (unpaired) electrons. The van der Waals surface area contributed by atoms with E-state index in [2.05, 4.69) is 10.3 Å². The first-order valence-corrected chi connectivity index (χ1v) is 5.89. The molecule has 0 spiro atoms. The number of thiazole rings is 1. The van der Waals surface area contributed by atoms with Gasteiger partial charge in [0, 0.05) is 11.1 Å². The highest BCUT2D eigenvalue weighted by molar-refractivity contribution is 7.07. The molecule has 2 rings (SSSR count). The third kappa shape index (κ3) is 2.94. The number of H-pyrrole nitrogens is 1. The number of nitrogens with zero attached hydrogens (tertiary/aromatic N) is 1. The number of aromatic nitrogens is 1. The molecule has 9 heteroatoms. The van der Waals surface area contributed by atoms with E-state index in [-0.39, 0.29) is 11.4 Å². The van der Waals surface area contributed by atoms with E-state index in [1.165, 1.54) is 5.38 Å². The van der Waals surface area contributed by atoms with E-state index in [0.29, 0.717) is 17.8 Å². The van der Waals surface area contributed by atoms with Crippen LogP contribution in [0, 0.1) is 21.7 Å². The Morgan fingerprint density at radius 2 is 2.00 bits per heavy atom. The average Bonchev–Trinajstić information content (AvgIpc) is 2.73. The van der Waals surface area contributed by atoms with Gasteiger partial charge in [-0.15, -0.1) is 0 Å². The van der Waals surface area contributed by atoms with Gasteiger partial charge >= 0.3 is 4.87 Å². The van der Waals surface area contributed by atoms with Gasteiger partial charge in [-0.05, 0) is 0 Å². The summed E-state index contributed by atoms with van der Waals surface area (Å²) in [4.78, 5) is 22.6. The van der Waals surface area contributed by atoms with Crippen LogP contribution in [0.15, 0.2) is 22.3 Å². The minimum atomic E-state index is -1.07. The molecular formula is C10H7F2N3O3S. The Kier molecular flexibility index (Phi) is 3.56. The van der Waals surface area contributed by atoms with Crippen LogP contribution in [0.3, 0.4) is 0 Å². The van der Waals surface area contributed by atoms with Gasteiger partial charge in [-0.3, -0.25) is 14.9 Å². The molecule has 100 valence electrons. The third-order valence-corrected chi connectivity index (χ3v) is 2.98. The number of halogens is 2. The number of nitro groups is 1. The second kappa shape index (κ2) is 5.14. The molecule has 0 amide bonds. The maximum Gasteiger partial charge on any atom is 0.304 e. The van der Waals surface area contributed by atoms with Crippen molar-refractivity contribution in [3.63, 3.8) is 0 Å². The summed E-state index contributed by atoms with van der Waals surface area (Å²) in [6.45, 7) is 0.00436. The highest BCUT2D eigenvalue weighted by Crippen LogP contribution is 2.25. The first kappa shape index (κ1) is 13.1. The van der Waals surface area contributed by atoms with Crippen LogP contribution < -0.4 is 10.2 Å². The topological polar surface area (TPSA) is 88.0 Å². The molecule has 2 N–H and O–H groups in total. The molecule has 6 nitrogen and oxygen atoms in total. The molecule has 0 saturated heterocycles. The zero-order chi connectivity index (χ0) is 14.0. The number of aromatic amines is 1. The van der Waals surface area contributed by atoms with Crippen molar-refractivity contribution in [3.05, 3.63) is 54.6 Å². The van der Waals surface area contributed by atoms with E-state index in [4.69, 9.17) is 0 Å². The molecule has 0 unspecified atom stereocenters. The predicted octanol–water partition coefficient (Wildman–Crippen LogP) is 2.23. The molecule has 0 fully saturated rings. The molecule has 0 bridgehead atoms. The fraction of sp³-hybridized carbons (Fsp3) is 0.100. The van der Waals surface area contributed by atoms with Gasteiger partial charge < -0.3 is 10.3 Å². The van der Waals surface area contributed by atoms with E-state index in [1.54, 1.807) is 0 Å². The van der Waals surface area contributed by atoms with Gasteiger partial charge in [-0.25, -0.2) is 8.78 Å². The molecule has 0 aliphatic rings.